The molecule has 0 aromatic heterocycles. The molecule has 2 bridgehead atoms. The lowest BCUT2D eigenvalue weighted by atomic mass is 9.40. The fourth-order valence-corrected chi connectivity index (χ4v) is 6.54. The number of carbonyl (C=O) groups is 4. The molecule has 196 valence electrons. The Balaban J connectivity index is 1.35. The quantitative estimate of drug-likeness (QED) is 0.534. The minimum Gasteiger partial charge on any atom is -0.342 e. The maximum absolute atomic E-state index is 14.2. The zero-order valence-electron chi connectivity index (χ0n) is 21.5. The number of halogens is 1. The van der Waals surface area contributed by atoms with Crippen LogP contribution in [0.15, 0.2) is 24.3 Å². The number of anilines is 1. The van der Waals surface area contributed by atoms with Crippen LogP contribution >= 0.6 is 0 Å². The van der Waals surface area contributed by atoms with Gasteiger partial charge in [0.05, 0.1) is 17.0 Å². The van der Waals surface area contributed by atoms with Crippen molar-refractivity contribution in [2.24, 2.45) is 11.3 Å². The van der Waals surface area contributed by atoms with E-state index in [1.165, 1.54) is 4.90 Å². The average Bonchev–Trinajstić information content (AvgIpc) is 3.34. The summed E-state index contributed by atoms with van der Waals surface area (Å²) in [6, 6.07) is 7.41. The van der Waals surface area contributed by atoms with Gasteiger partial charge in [0.1, 0.15) is 17.8 Å². The van der Waals surface area contributed by atoms with Gasteiger partial charge in [-0.3, -0.25) is 19.2 Å². The number of amides is 4. The number of nitriles is 1. The second kappa shape index (κ2) is 8.01. The molecular formula is C27H32FN5O4. The van der Waals surface area contributed by atoms with Gasteiger partial charge < -0.3 is 20.9 Å². The monoisotopic (exact) mass is 509 g/mol. The van der Waals surface area contributed by atoms with Crippen molar-refractivity contribution >= 4 is 29.3 Å². The SMILES string of the molecule is C[C@@H]1C2(F)CC1(NC(=O)C(=O)N[C@@H](CC(C)(C)C)C(=O)N1C[C@]3(C[C@H]1C#N)C(=O)Nc1ccccc13)C2. The van der Waals surface area contributed by atoms with Crippen molar-refractivity contribution in [2.75, 3.05) is 11.9 Å². The molecule has 37 heavy (non-hydrogen) atoms. The number of carbonyl (C=O) groups excluding carboxylic acids is 4. The number of hydrogen-bond acceptors (Lipinski definition) is 5. The standard InChI is InChI=1S/C27H32FN5O4/c1-15-26(28)12-27(15,13-26)32-21(35)20(34)30-19(10-24(2,3)4)22(36)33-14-25(9-16(33)11-29)17-7-5-6-8-18(17)31-23(25)37/h5-8,15-16,19H,9-10,12-14H2,1-4H3,(H,30,34)(H,31,37)(H,32,35)/t15-,16+,19+,25+,26?,27?/m1/s1. The summed E-state index contributed by atoms with van der Waals surface area (Å²) in [5.74, 6) is -3.02. The molecule has 2 heterocycles. The maximum Gasteiger partial charge on any atom is 0.309 e. The predicted molar refractivity (Wildman–Crippen MR) is 132 cm³/mol. The molecule has 4 amide bonds. The molecule has 0 unspecified atom stereocenters. The van der Waals surface area contributed by atoms with Gasteiger partial charge in [0.2, 0.25) is 11.8 Å². The molecule has 4 atom stereocenters. The summed E-state index contributed by atoms with van der Waals surface area (Å²) in [5, 5.41) is 18.0. The van der Waals surface area contributed by atoms with Crippen LogP contribution in [0.5, 0.6) is 0 Å². The van der Waals surface area contributed by atoms with Crippen LogP contribution in [0.25, 0.3) is 0 Å². The van der Waals surface area contributed by atoms with Crippen molar-refractivity contribution in [3.05, 3.63) is 29.8 Å². The first kappa shape index (κ1) is 25.2. The van der Waals surface area contributed by atoms with Crippen molar-refractivity contribution < 1.29 is 23.6 Å². The third-order valence-corrected chi connectivity index (χ3v) is 8.73. The van der Waals surface area contributed by atoms with Crippen LogP contribution in [-0.2, 0) is 24.6 Å². The number of nitrogens with zero attached hydrogens (tertiary/aromatic N) is 2. The van der Waals surface area contributed by atoms with Crippen LogP contribution in [-0.4, -0.2) is 58.4 Å². The normalized spacial score (nSPS) is 33.9. The fourth-order valence-electron chi connectivity index (χ4n) is 6.54. The molecule has 1 spiro atoms. The lowest BCUT2D eigenvalue weighted by Gasteiger charge is -2.70. The molecule has 3 aliphatic carbocycles. The summed E-state index contributed by atoms with van der Waals surface area (Å²) in [4.78, 5) is 53.8. The number of rotatable bonds is 4. The van der Waals surface area contributed by atoms with Crippen LogP contribution in [0.2, 0.25) is 0 Å². The molecular weight excluding hydrogens is 477 g/mol. The van der Waals surface area contributed by atoms with E-state index in [2.05, 4.69) is 22.0 Å². The lowest BCUT2D eigenvalue weighted by molar-refractivity contribution is -0.228. The highest BCUT2D eigenvalue weighted by atomic mass is 19.1. The Morgan fingerprint density at radius 2 is 1.92 bits per heavy atom. The van der Waals surface area contributed by atoms with E-state index < -0.39 is 51.8 Å². The van der Waals surface area contributed by atoms with Crippen LogP contribution in [0.3, 0.4) is 0 Å². The molecule has 3 saturated carbocycles. The van der Waals surface area contributed by atoms with Crippen molar-refractivity contribution in [2.45, 2.75) is 82.1 Å². The maximum atomic E-state index is 14.2. The van der Waals surface area contributed by atoms with Gasteiger partial charge in [-0.05, 0) is 23.5 Å². The molecule has 1 aromatic carbocycles. The highest BCUT2D eigenvalue weighted by Crippen LogP contribution is 2.67. The third-order valence-electron chi connectivity index (χ3n) is 8.73. The number of nitrogens with one attached hydrogen (secondary N) is 3. The molecule has 1 saturated heterocycles. The summed E-state index contributed by atoms with van der Waals surface area (Å²) in [6.45, 7) is 7.40. The van der Waals surface area contributed by atoms with Gasteiger partial charge in [-0.25, -0.2) is 4.39 Å². The van der Waals surface area contributed by atoms with Crippen molar-refractivity contribution in [3.63, 3.8) is 0 Å². The molecule has 9 nitrogen and oxygen atoms in total. The van der Waals surface area contributed by atoms with Gasteiger partial charge in [0.15, 0.2) is 0 Å². The highest BCUT2D eigenvalue weighted by molar-refractivity contribution is 6.35. The van der Waals surface area contributed by atoms with Gasteiger partial charge >= 0.3 is 11.8 Å². The van der Waals surface area contributed by atoms with Crippen LogP contribution in [0, 0.1) is 22.7 Å². The Morgan fingerprint density at radius 3 is 2.51 bits per heavy atom. The summed E-state index contributed by atoms with van der Waals surface area (Å²) < 4.78 is 14.2. The second-order valence-corrected chi connectivity index (χ2v) is 12.4. The molecule has 5 aliphatic rings. The summed E-state index contributed by atoms with van der Waals surface area (Å²) in [6.07, 6.45) is 0.728. The smallest absolute Gasteiger partial charge is 0.309 e. The van der Waals surface area contributed by atoms with Gasteiger partial charge in [0, 0.05) is 37.4 Å². The first-order valence-electron chi connectivity index (χ1n) is 12.7. The predicted octanol–water partition coefficient (Wildman–Crippen LogP) is 1.93. The van der Waals surface area contributed by atoms with Crippen LogP contribution < -0.4 is 16.0 Å². The average molecular weight is 510 g/mol. The van der Waals surface area contributed by atoms with E-state index in [4.69, 9.17) is 0 Å². The first-order chi connectivity index (χ1) is 17.2. The molecule has 4 fully saturated rings. The van der Waals surface area contributed by atoms with Gasteiger partial charge in [-0.2, -0.15) is 5.26 Å². The van der Waals surface area contributed by atoms with Crippen molar-refractivity contribution in [1.29, 1.82) is 5.26 Å². The van der Waals surface area contributed by atoms with Gasteiger partial charge in [0.25, 0.3) is 0 Å². The number of alkyl halides is 1. The van der Waals surface area contributed by atoms with Gasteiger partial charge in [-0.15, -0.1) is 0 Å². The fraction of sp³-hybridized carbons (Fsp3) is 0.593. The minimum absolute atomic E-state index is 0.00513. The first-order valence-corrected chi connectivity index (χ1v) is 12.7. The van der Waals surface area contributed by atoms with E-state index >= 15 is 0 Å². The van der Waals surface area contributed by atoms with E-state index in [-0.39, 0.29) is 44.1 Å². The second-order valence-electron chi connectivity index (χ2n) is 12.4. The van der Waals surface area contributed by atoms with E-state index in [1.54, 1.807) is 19.1 Å². The van der Waals surface area contributed by atoms with Gasteiger partial charge in [-0.1, -0.05) is 45.9 Å². The Hall–Kier alpha value is -3.48. The number of benzene rings is 1. The van der Waals surface area contributed by atoms with E-state index in [9.17, 15) is 28.8 Å². The minimum atomic E-state index is -1.27. The third kappa shape index (κ3) is 3.78. The summed E-state index contributed by atoms with van der Waals surface area (Å²) >= 11 is 0. The van der Waals surface area contributed by atoms with E-state index in [0.717, 1.165) is 5.56 Å². The largest absolute Gasteiger partial charge is 0.342 e. The van der Waals surface area contributed by atoms with E-state index in [1.807, 2.05) is 32.9 Å². The Morgan fingerprint density at radius 1 is 1.24 bits per heavy atom. The zero-order valence-corrected chi connectivity index (χ0v) is 21.5. The van der Waals surface area contributed by atoms with Crippen LogP contribution in [0.1, 0.15) is 58.9 Å². The Kier molecular flexibility index (Phi) is 5.45. The summed E-state index contributed by atoms with van der Waals surface area (Å²) in [5.41, 5.74) is -2.02. The van der Waals surface area contributed by atoms with Crippen molar-refractivity contribution in [3.8, 4) is 6.07 Å². The Labute approximate surface area is 215 Å². The number of likely N-dealkylation sites (tertiary alicyclic amines) is 1. The number of fused-ring (bicyclic) bond motifs is 2. The van der Waals surface area contributed by atoms with Crippen molar-refractivity contribution in [1.82, 2.24) is 15.5 Å². The van der Waals surface area contributed by atoms with E-state index in [0.29, 0.717) is 5.69 Å². The summed E-state index contributed by atoms with van der Waals surface area (Å²) in [7, 11) is 0. The lowest BCUT2D eigenvalue weighted by Crippen LogP contribution is -2.83. The Bertz CT molecular complexity index is 1240. The molecule has 3 N–H and O–H groups in total. The topological polar surface area (TPSA) is 131 Å². The van der Waals surface area contributed by atoms with Crippen LogP contribution in [0.4, 0.5) is 10.1 Å². The molecule has 1 aromatic rings. The molecule has 2 aliphatic heterocycles. The number of hydrogen-bond donors (Lipinski definition) is 3. The highest BCUT2D eigenvalue weighted by Gasteiger charge is 2.76. The molecule has 0 radical (unpaired) electrons. The zero-order chi connectivity index (χ0) is 27.0. The molecule has 10 heteroatoms. The number of para-hydroxylation sites is 1. The molecule has 6 rings (SSSR count).